The van der Waals surface area contributed by atoms with Crippen LogP contribution in [0, 0.1) is 6.92 Å². The molecule has 4 rings (SSSR count). The number of benzene rings is 3. The molecule has 0 aromatic heterocycles. The van der Waals surface area contributed by atoms with E-state index in [1.807, 2.05) is 55.5 Å². The molecule has 1 fully saturated rings. The Morgan fingerprint density at radius 2 is 1.80 bits per heavy atom. The van der Waals surface area contributed by atoms with E-state index in [2.05, 4.69) is 0 Å². The molecule has 0 spiro atoms. The molecule has 0 atom stereocenters. The van der Waals surface area contributed by atoms with Crippen molar-refractivity contribution in [2.45, 2.75) is 13.5 Å². The maximum atomic E-state index is 12.8. The van der Waals surface area contributed by atoms with Crippen LogP contribution < -0.4 is 14.2 Å². The normalized spacial score (nSPS) is 14.5. The van der Waals surface area contributed by atoms with E-state index >= 15 is 0 Å². The molecule has 1 saturated heterocycles. The monoisotopic (exact) mass is 509 g/mol. The van der Waals surface area contributed by atoms with Crippen molar-refractivity contribution in [2.75, 3.05) is 20.3 Å². The van der Waals surface area contributed by atoms with Gasteiger partial charge in [-0.3, -0.25) is 14.5 Å². The predicted molar refractivity (Wildman–Crippen MR) is 138 cm³/mol. The van der Waals surface area contributed by atoms with E-state index in [9.17, 15) is 9.59 Å². The van der Waals surface area contributed by atoms with Gasteiger partial charge >= 0.3 is 0 Å². The number of amides is 2. The zero-order valence-electron chi connectivity index (χ0n) is 19.3. The summed E-state index contributed by atoms with van der Waals surface area (Å²) in [6.45, 7) is 2.71. The summed E-state index contributed by atoms with van der Waals surface area (Å²) in [6, 6.07) is 20.4. The van der Waals surface area contributed by atoms with Crippen molar-refractivity contribution in [1.29, 1.82) is 0 Å². The zero-order valence-corrected chi connectivity index (χ0v) is 20.9. The van der Waals surface area contributed by atoms with Crippen LogP contribution in [0.4, 0.5) is 4.79 Å². The third kappa shape index (κ3) is 6.38. The topological polar surface area (TPSA) is 65.1 Å². The summed E-state index contributed by atoms with van der Waals surface area (Å²) < 4.78 is 17.0. The molecule has 3 aromatic carbocycles. The molecule has 3 aromatic rings. The minimum atomic E-state index is -0.340. The number of carbonyl (C=O) groups excluding carboxylic acids is 2. The fraction of sp³-hybridized carbons (Fsp3) is 0.185. The predicted octanol–water partition coefficient (Wildman–Crippen LogP) is 6.35. The zero-order chi connectivity index (χ0) is 24.8. The van der Waals surface area contributed by atoms with Crippen LogP contribution in [0.2, 0.25) is 5.02 Å². The van der Waals surface area contributed by atoms with Crippen molar-refractivity contribution in [3.8, 4) is 17.2 Å². The van der Waals surface area contributed by atoms with Gasteiger partial charge in [-0.05, 0) is 77.9 Å². The lowest BCUT2D eigenvalue weighted by atomic mass is 10.1. The molecule has 2 amide bonds. The number of imide groups is 1. The van der Waals surface area contributed by atoms with Gasteiger partial charge in [0.1, 0.15) is 19.0 Å². The van der Waals surface area contributed by atoms with E-state index in [0.29, 0.717) is 33.8 Å². The molecule has 0 radical (unpaired) electrons. The fourth-order valence-electron chi connectivity index (χ4n) is 3.49. The van der Waals surface area contributed by atoms with Crippen LogP contribution in [-0.2, 0) is 11.4 Å². The Morgan fingerprint density at radius 3 is 2.57 bits per heavy atom. The number of thioether (sulfide) groups is 1. The van der Waals surface area contributed by atoms with Gasteiger partial charge in [0.15, 0.2) is 11.5 Å². The van der Waals surface area contributed by atoms with Crippen molar-refractivity contribution in [1.82, 2.24) is 4.90 Å². The molecule has 1 aliphatic heterocycles. The maximum Gasteiger partial charge on any atom is 0.293 e. The van der Waals surface area contributed by atoms with E-state index in [1.165, 1.54) is 4.90 Å². The highest BCUT2D eigenvalue weighted by Gasteiger charge is 2.34. The number of ether oxygens (including phenoxy) is 3. The molecule has 8 heteroatoms. The molecule has 1 aliphatic rings. The van der Waals surface area contributed by atoms with Crippen molar-refractivity contribution in [3.63, 3.8) is 0 Å². The van der Waals surface area contributed by atoms with Gasteiger partial charge in [0, 0.05) is 5.02 Å². The van der Waals surface area contributed by atoms with Crippen molar-refractivity contribution in [2.24, 2.45) is 0 Å². The largest absolute Gasteiger partial charge is 0.493 e. The first kappa shape index (κ1) is 24.7. The lowest BCUT2D eigenvalue weighted by molar-refractivity contribution is -0.123. The van der Waals surface area contributed by atoms with Crippen LogP contribution in [0.1, 0.15) is 16.7 Å². The first-order valence-electron chi connectivity index (χ1n) is 10.9. The van der Waals surface area contributed by atoms with E-state index in [1.54, 1.807) is 31.4 Å². The average Bonchev–Trinajstić information content (AvgIpc) is 3.10. The molecule has 0 saturated carbocycles. The fourth-order valence-corrected chi connectivity index (χ4v) is 4.56. The van der Waals surface area contributed by atoms with Crippen LogP contribution in [0.5, 0.6) is 17.2 Å². The number of halogens is 1. The van der Waals surface area contributed by atoms with Crippen LogP contribution in [0.25, 0.3) is 6.08 Å². The first-order valence-corrected chi connectivity index (χ1v) is 12.1. The molecule has 35 heavy (non-hydrogen) atoms. The number of methoxy groups -OCH3 is 1. The lowest BCUT2D eigenvalue weighted by Gasteiger charge is -2.13. The van der Waals surface area contributed by atoms with E-state index in [0.717, 1.165) is 28.5 Å². The van der Waals surface area contributed by atoms with Gasteiger partial charge in [-0.25, -0.2) is 0 Å². The second-order valence-electron chi connectivity index (χ2n) is 7.83. The Hall–Kier alpha value is -3.42. The number of rotatable bonds is 9. The molecule has 1 heterocycles. The van der Waals surface area contributed by atoms with E-state index in [4.69, 9.17) is 25.8 Å². The molecule has 180 valence electrons. The van der Waals surface area contributed by atoms with E-state index < -0.39 is 0 Å². The van der Waals surface area contributed by atoms with Crippen LogP contribution >= 0.6 is 23.4 Å². The number of hydrogen-bond acceptors (Lipinski definition) is 6. The Labute approximate surface area is 213 Å². The van der Waals surface area contributed by atoms with Crippen LogP contribution in [0.3, 0.4) is 0 Å². The second kappa shape index (κ2) is 11.3. The SMILES string of the molecule is COc1cc(/C=C2\SC(=O)N(CCOc3cccc(C)c3)C2=O)ccc1OCc1cccc(Cl)c1. The van der Waals surface area contributed by atoms with E-state index in [-0.39, 0.29) is 24.3 Å². The molecular weight excluding hydrogens is 486 g/mol. The number of carbonyl (C=O) groups is 2. The van der Waals surface area contributed by atoms with Gasteiger partial charge in [0.05, 0.1) is 18.6 Å². The van der Waals surface area contributed by atoms with Crippen molar-refractivity contribution < 1.29 is 23.8 Å². The average molecular weight is 510 g/mol. The summed E-state index contributed by atoms with van der Waals surface area (Å²) in [5.74, 6) is 1.45. The highest BCUT2D eigenvalue weighted by Crippen LogP contribution is 2.34. The molecule has 6 nitrogen and oxygen atoms in total. The summed E-state index contributed by atoms with van der Waals surface area (Å²) in [7, 11) is 1.55. The molecule has 0 aliphatic carbocycles. The van der Waals surface area contributed by atoms with Gasteiger partial charge in [-0.2, -0.15) is 0 Å². The summed E-state index contributed by atoms with van der Waals surface area (Å²) in [6.07, 6.45) is 1.68. The number of aryl methyl sites for hydroxylation is 1. The second-order valence-corrected chi connectivity index (χ2v) is 9.26. The Balaban J connectivity index is 1.40. The van der Waals surface area contributed by atoms with Gasteiger partial charge in [-0.1, -0.05) is 41.9 Å². The summed E-state index contributed by atoms with van der Waals surface area (Å²) in [4.78, 5) is 26.8. The highest BCUT2D eigenvalue weighted by atomic mass is 35.5. The minimum absolute atomic E-state index is 0.176. The van der Waals surface area contributed by atoms with Crippen molar-refractivity contribution in [3.05, 3.63) is 93.3 Å². The molecular formula is C27H24ClNO5S. The summed E-state index contributed by atoms with van der Waals surface area (Å²) >= 11 is 6.94. The summed E-state index contributed by atoms with van der Waals surface area (Å²) in [5, 5.41) is 0.326. The Morgan fingerprint density at radius 1 is 0.971 bits per heavy atom. The number of nitrogens with zero attached hydrogens (tertiary/aromatic N) is 1. The molecule has 0 unspecified atom stereocenters. The maximum absolute atomic E-state index is 12.8. The van der Waals surface area contributed by atoms with Crippen LogP contribution in [0.15, 0.2) is 71.6 Å². The first-order chi connectivity index (χ1) is 16.9. The third-order valence-electron chi connectivity index (χ3n) is 5.22. The number of hydrogen-bond donors (Lipinski definition) is 0. The van der Waals surface area contributed by atoms with Gasteiger partial charge in [0.25, 0.3) is 11.1 Å². The van der Waals surface area contributed by atoms with Crippen LogP contribution in [-0.4, -0.2) is 36.3 Å². The quantitative estimate of drug-likeness (QED) is 0.313. The Kier molecular flexibility index (Phi) is 8.00. The molecule has 0 N–H and O–H groups in total. The standard InChI is InChI=1S/C27H24ClNO5S/c1-18-5-3-8-22(13-18)33-12-11-29-26(30)25(35-27(29)31)16-19-9-10-23(24(15-19)32-2)34-17-20-6-4-7-21(28)14-20/h3-10,13-16H,11-12,17H2,1-2H3/b25-16-. The van der Waals surface area contributed by atoms with Gasteiger partial charge in [-0.15, -0.1) is 0 Å². The lowest BCUT2D eigenvalue weighted by Crippen LogP contribution is -2.32. The Bertz CT molecular complexity index is 1280. The van der Waals surface area contributed by atoms with Crippen molar-refractivity contribution >= 4 is 40.6 Å². The molecule has 0 bridgehead atoms. The third-order valence-corrected chi connectivity index (χ3v) is 6.36. The minimum Gasteiger partial charge on any atom is -0.493 e. The van der Waals surface area contributed by atoms with Gasteiger partial charge < -0.3 is 14.2 Å². The highest BCUT2D eigenvalue weighted by molar-refractivity contribution is 8.18. The summed E-state index contributed by atoms with van der Waals surface area (Å²) in [5.41, 5.74) is 2.73. The van der Waals surface area contributed by atoms with Gasteiger partial charge in [0.2, 0.25) is 0 Å². The smallest absolute Gasteiger partial charge is 0.293 e.